The van der Waals surface area contributed by atoms with E-state index in [9.17, 15) is 19.2 Å². The van der Waals surface area contributed by atoms with Crippen LogP contribution in [0, 0.1) is 27.7 Å². The highest BCUT2D eigenvalue weighted by molar-refractivity contribution is 6.39. The average molecular weight is 498 g/mol. The number of imide groups is 2. The molecule has 1 aliphatic heterocycles. The molecule has 8 nitrogen and oxygen atoms in total. The summed E-state index contributed by atoms with van der Waals surface area (Å²) in [5.74, 6) is -1.44. The second kappa shape index (κ2) is 10.5. The van der Waals surface area contributed by atoms with Crippen molar-refractivity contribution in [3.8, 4) is 5.75 Å². The molecule has 0 aliphatic carbocycles. The van der Waals surface area contributed by atoms with Crippen molar-refractivity contribution in [2.24, 2.45) is 0 Å². The standard InChI is InChI=1S/C29H27N3O5/c1-17-11-12-22(13-19(17)3)30-26(33)16-37-23-9-6-8-21(14-23)15-24-27(34)31-29(36)32(28(24)35)25-10-5-7-18(2)20(25)4/h5-15H,16H2,1-4H3,(H,30,33)(H,31,34,36). The minimum absolute atomic E-state index is 0.190. The molecule has 0 unspecified atom stereocenters. The summed E-state index contributed by atoms with van der Waals surface area (Å²) < 4.78 is 5.62. The number of barbiturate groups is 1. The van der Waals surface area contributed by atoms with Crippen LogP contribution >= 0.6 is 0 Å². The number of nitrogens with one attached hydrogen (secondary N) is 2. The number of carbonyl (C=O) groups excluding carboxylic acids is 4. The molecular formula is C29H27N3O5. The molecular weight excluding hydrogens is 470 g/mol. The van der Waals surface area contributed by atoms with E-state index in [-0.39, 0.29) is 18.1 Å². The fourth-order valence-electron chi connectivity index (χ4n) is 3.88. The molecule has 3 aromatic rings. The lowest BCUT2D eigenvalue weighted by Crippen LogP contribution is -2.54. The van der Waals surface area contributed by atoms with E-state index in [4.69, 9.17) is 4.74 Å². The van der Waals surface area contributed by atoms with Crippen LogP contribution in [-0.4, -0.2) is 30.4 Å². The topological polar surface area (TPSA) is 105 Å². The molecule has 188 valence electrons. The normalized spacial score (nSPS) is 14.5. The van der Waals surface area contributed by atoms with Gasteiger partial charge >= 0.3 is 6.03 Å². The predicted molar refractivity (Wildman–Crippen MR) is 141 cm³/mol. The zero-order valence-corrected chi connectivity index (χ0v) is 21.0. The van der Waals surface area contributed by atoms with Crippen molar-refractivity contribution in [3.63, 3.8) is 0 Å². The van der Waals surface area contributed by atoms with E-state index in [2.05, 4.69) is 10.6 Å². The van der Waals surface area contributed by atoms with E-state index in [0.717, 1.165) is 27.2 Å². The summed E-state index contributed by atoms with van der Waals surface area (Å²) in [6.07, 6.45) is 1.39. The number of hydrogen-bond donors (Lipinski definition) is 2. The summed E-state index contributed by atoms with van der Waals surface area (Å²) in [4.78, 5) is 51.6. The third-order valence-corrected chi connectivity index (χ3v) is 6.25. The number of carbonyl (C=O) groups is 4. The summed E-state index contributed by atoms with van der Waals surface area (Å²) in [6.45, 7) is 7.43. The van der Waals surface area contributed by atoms with Gasteiger partial charge in [0.05, 0.1) is 5.69 Å². The highest BCUT2D eigenvalue weighted by Gasteiger charge is 2.37. The first kappa shape index (κ1) is 25.4. The number of nitrogens with zero attached hydrogens (tertiary/aromatic N) is 1. The molecule has 0 saturated carbocycles. The Hall–Kier alpha value is -4.72. The summed E-state index contributed by atoms with van der Waals surface area (Å²) in [6, 6.07) is 16.8. The Bertz CT molecular complexity index is 1460. The van der Waals surface area contributed by atoms with Gasteiger partial charge in [-0.25, -0.2) is 9.69 Å². The molecule has 1 fully saturated rings. The quantitative estimate of drug-likeness (QED) is 0.382. The molecule has 0 radical (unpaired) electrons. The number of anilines is 2. The fraction of sp³-hybridized carbons (Fsp3) is 0.172. The van der Waals surface area contributed by atoms with Gasteiger partial charge in [-0.2, -0.15) is 0 Å². The summed E-state index contributed by atoms with van der Waals surface area (Å²) in [5.41, 5.74) is 5.27. The van der Waals surface area contributed by atoms with Crippen molar-refractivity contribution in [2.45, 2.75) is 27.7 Å². The maximum Gasteiger partial charge on any atom is 0.335 e. The number of rotatable bonds is 6. The van der Waals surface area contributed by atoms with Crippen LogP contribution in [0.4, 0.5) is 16.2 Å². The largest absolute Gasteiger partial charge is 0.484 e. The molecule has 0 aromatic heterocycles. The third kappa shape index (κ3) is 5.59. The van der Waals surface area contributed by atoms with Gasteiger partial charge in [0.25, 0.3) is 17.7 Å². The molecule has 4 rings (SSSR count). The molecule has 1 saturated heterocycles. The van der Waals surface area contributed by atoms with Gasteiger partial charge in [-0.05, 0) is 91.9 Å². The molecule has 2 N–H and O–H groups in total. The first-order valence-electron chi connectivity index (χ1n) is 11.7. The fourth-order valence-corrected chi connectivity index (χ4v) is 3.88. The number of urea groups is 1. The van der Waals surface area contributed by atoms with Crippen molar-refractivity contribution in [2.75, 3.05) is 16.8 Å². The van der Waals surface area contributed by atoms with Crippen LogP contribution in [0.25, 0.3) is 6.08 Å². The van der Waals surface area contributed by atoms with Gasteiger partial charge in [0.2, 0.25) is 0 Å². The van der Waals surface area contributed by atoms with Crippen molar-refractivity contribution >= 4 is 41.2 Å². The van der Waals surface area contributed by atoms with Gasteiger partial charge in [0, 0.05) is 5.69 Å². The SMILES string of the molecule is Cc1ccc(NC(=O)COc2cccc(C=C3C(=O)NC(=O)N(c4cccc(C)c4C)C3=O)c2)cc1C. The predicted octanol–water partition coefficient (Wildman–Crippen LogP) is 4.60. The Morgan fingerprint density at radius 1 is 0.919 bits per heavy atom. The smallest absolute Gasteiger partial charge is 0.335 e. The zero-order valence-electron chi connectivity index (χ0n) is 21.0. The molecule has 8 heteroatoms. The maximum absolute atomic E-state index is 13.2. The molecule has 0 atom stereocenters. The van der Waals surface area contributed by atoms with Crippen molar-refractivity contribution < 1.29 is 23.9 Å². The Labute approximate surface area is 214 Å². The van der Waals surface area contributed by atoms with Gasteiger partial charge in [0.15, 0.2) is 6.61 Å². The molecule has 3 aromatic carbocycles. The lowest BCUT2D eigenvalue weighted by atomic mass is 10.0. The van der Waals surface area contributed by atoms with Crippen LogP contribution in [0.3, 0.4) is 0 Å². The van der Waals surface area contributed by atoms with Crippen LogP contribution in [0.2, 0.25) is 0 Å². The molecule has 1 aliphatic rings. The van der Waals surface area contributed by atoms with Crippen LogP contribution in [0.5, 0.6) is 5.75 Å². The van der Waals surface area contributed by atoms with Gasteiger partial charge < -0.3 is 10.1 Å². The number of benzene rings is 3. The first-order chi connectivity index (χ1) is 17.6. The Morgan fingerprint density at radius 3 is 2.43 bits per heavy atom. The highest BCUT2D eigenvalue weighted by Crippen LogP contribution is 2.27. The van der Waals surface area contributed by atoms with E-state index in [1.54, 1.807) is 36.4 Å². The second-order valence-electron chi connectivity index (χ2n) is 8.89. The number of hydrogen-bond acceptors (Lipinski definition) is 5. The molecule has 37 heavy (non-hydrogen) atoms. The molecule has 1 heterocycles. The lowest BCUT2D eigenvalue weighted by Gasteiger charge is -2.28. The molecule has 0 bridgehead atoms. The monoisotopic (exact) mass is 497 g/mol. The van der Waals surface area contributed by atoms with Crippen LogP contribution in [0.1, 0.15) is 27.8 Å². The lowest BCUT2D eigenvalue weighted by molar-refractivity contribution is -0.122. The third-order valence-electron chi connectivity index (χ3n) is 6.25. The summed E-state index contributed by atoms with van der Waals surface area (Å²) in [5, 5.41) is 5.03. The summed E-state index contributed by atoms with van der Waals surface area (Å²) in [7, 11) is 0. The average Bonchev–Trinajstić information content (AvgIpc) is 2.85. The van der Waals surface area contributed by atoms with Crippen molar-refractivity contribution in [3.05, 3.63) is 94.1 Å². The van der Waals surface area contributed by atoms with E-state index in [0.29, 0.717) is 22.7 Å². The highest BCUT2D eigenvalue weighted by atomic mass is 16.5. The molecule has 0 spiro atoms. The number of aryl methyl sites for hydroxylation is 3. The van der Waals surface area contributed by atoms with E-state index in [1.807, 2.05) is 52.0 Å². The van der Waals surface area contributed by atoms with E-state index in [1.165, 1.54) is 6.08 Å². The molecule has 5 amide bonds. The van der Waals surface area contributed by atoms with Crippen LogP contribution in [0.15, 0.2) is 66.2 Å². The van der Waals surface area contributed by atoms with E-state index < -0.39 is 17.8 Å². The minimum Gasteiger partial charge on any atom is -0.484 e. The second-order valence-corrected chi connectivity index (χ2v) is 8.89. The van der Waals surface area contributed by atoms with Gasteiger partial charge in [-0.1, -0.05) is 30.3 Å². The first-order valence-corrected chi connectivity index (χ1v) is 11.7. The maximum atomic E-state index is 13.2. The van der Waals surface area contributed by atoms with Gasteiger partial charge in [-0.15, -0.1) is 0 Å². The zero-order chi connectivity index (χ0) is 26.7. The Balaban J connectivity index is 1.50. The van der Waals surface area contributed by atoms with Crippen LogP contribution < -0.4 is 20.3 Å². The minimum atomic E-state index is -0.798. The Kier molecular flexibility index (Phi) is 7.20. The Morgan fingerprint density at radius 2 is 1.68 bits per heavy atom. The number of ether oxygens (including phenoxy) is 1. The van der Waals surface area contributed by atoms with Gasteiger partial charge in [0.1, 0.15) is 11.3 Å². The van der Waals surface area contributed by atoms with Crippen LogP contribution in [-0.2, 0) is 14.4 Å². The summed E-state index contributed by atoms with van der Waals surface area (Å²) >= 11 is 0. The van der Waals surface area contributed by atoms with Crippen molar-refractivity contribution in [1.82, 2.24) is 5.32 Å². The van der Waals surface area contributed by atoms with E-state index >= 15 is 0 Å². The van der Waals surface area contributed by atoms with Crippen molar-refractivity contribution in [1.29, 1.82) is 0 Å². The number of amides is 5. The van der Waals surface area contributed by atoms with Gasteiger partial charge in [-0.3, -0.25) is 19.7 Å².